The Labute approximate surface area is 139 Å². The van der Waals surface area contributed by atoms with Crippen LogP contribution in [0.4, 0.5) is 0 Å². The predicted octanol–water partition coefficient (Wildman–Crippen LogP) is 3.76. The van der Waals surface area contributed by atoms with E-state index >= 15 is 0 Å². The van der Waals surface area contributed by atoms with Crippen molar-refractivity contribution < 1.29 is 14.2 Å². The third-order valence-electron chi connectivity index (χ3n) is 3.32. The van der Waals surface area contributed by atoms with E-state index in [9.17, 15) is 0 Å². The highest BCUT2D eigenvalue weighted by molar-refractivity contribution is 9.10. The van der Waals surface area contributed by atoms with Gasteiger partial charge >= 0.3 is 0 Å². The fourth-order valence-electron chi connectivity index (χ4n) is 2.22. The van der Waals surface area contributed by atoms with E-state index in [1.54, 1.807) is 21.3 Å². The van der Waals surface area contributed by atoms with Crippen LogP contribution in [0.25, 0.3) is 0 Å². The molecule has 0 heterocycles. The Bertz CT molecular complexity index is 631. The van der Waals surface area contributed by atoms with Gasteiger partial charge in [0.05, 0.1) is 21.3 Å². The van der Waals surface area contributed by atoms with Gasteiger partial charge in [0.25, 0.3) is 0 Å². The highest BCUT2D eigenvalue weighted by Crippen LogP contribution is 2.34. The van der Waals surface area contributed by atoms with Crippen molar-refractivity contribution in [1.82, 2.24) is 5.32 Å². The van der Waals surface area contributed by atoms with Crippen LogP contribution in [0.2, 0.25) is 0 Å². The number of ether oxygens (including phenoxy) is 3. The van der Waals surface area contributed by atoms with E-state index in [-0.39, 0.29) is 0 Å². The number of nitrogens with one attached hydrogen (secondary N) is 1. The van der Waals surface area contributed by atoms with Gasteiger partial charge in [-0.15, -0.1) is 0 Å². The first-order valence-electron chi connectivity index (χ1n) is 6.92. The lowest BCUT2D eigenvalue weighted by Crippen LogP contribution is -2.13. The molecule has 0 radical (unpaired) electrons. The number of halogens is 1. The first kappa shape index (κ1) is 16.6. The van der Waals surface area contributed by atoms with Crippen molar-refractivity contribution in [2.24, 2.45) is 0 Å². The summed E-state index contributed by atoms with van der Waals surface area (Å²) in [5.41, 5.74) is 2.24. The Morgan fingerprint density at radius 1 is 0.864 bits per heavy atom. The zero-order chi connectivity index (χ0) is 15.9. The molecular weight excluding hydrogens is 346 g/mol. The lowest BCUT2D eigenvalue weighted by molar-refractivity contribution is 0.347. The minimum Gasteiger partial charge on any atom is -0.496 e. The summed E-state index contributed by atoms with van der Waals surface area (Å²) >= 11 is 3.48. The van der Waals surface area contributed by atoms with E-state index in [1.165, 1.54) is 5.56 Å². The summed E-state index contributed by atoms with van der Waals surface area (Å²) in [5.74, 6) is 2.14. The maximum Gasteiger partial charge on any atom is 0.164 e. The van der Waals surface area contributed by atoms with Crippen molar-refractivity contribution in [2.75, 3.05) is 21.3 Å². The minimum absolute atomic E-state index is 0.662. The largest absolute Gasteiger partial charge is 0.496 e. The number of hydrogen-bond acceptors (Lipinski definition) is 4. The van der Waals surface area contributed by atoms with Gasteiger partial charge in [-0.3, -0.25) is 0 Å². The maximum atomic E-state index is 5.43. The van der Waals surface area contributed by atoms with Crippen molar-refractivity contribution in [3.63, 3.8) is 0 Å². The average molecular weight is 366 g/mol. The quantitative estimate of drug-likeness (QED) is 0.810. The van der Waals surface area contributed by atoms with Crippen molar-refractivity contribution in [3.8, 4) is 17.2 Å². The van der Waals surface area contributed by atoms with Gasteiger partial charge in [-0.05, 0) is 23.8 Å². The summed E-state index contributed by atoms with van der Waals surface area (Å²) in [6.45, 7) is 1.45. The highest BCUT2D eigenvalue weighted by atomic mass is 79.9. The molecule has 4 nitrogen and oxygen atoms in total. The molecular formula is C17H20BrNO3. The second kappa shape index (κ2) is 8.06. The second-order valence-corrected chi connectivity index (χ2v) is 5.67. The molecule has 0 bridgehead atoms. The Morgan fingerprint density at radius 2 is 1.55 bits per heavy atom. The van der Waals surface area contributed by atoms with Gasteiger partial charge in [-0.1, -0.05) is 28.1 Å². The molecule has 0 unspecified atom stereocenters. The van der Waals surface area contributed by atoms with Gasteiger partial charge in [0.1, 0.15) is 5.75 Å². The van der Waals surface area contributed by atoms with Gasteiger partial charge in [0.15, 0.2) is 11.5 Å². The summed E-state index contributed by atoms with van der Waals surface area (Å²) in [7, 11) is 4.89. The minimum atomic E-state index is 0.662. The summed E-state index contributed by atoms with van der Waals surface area (Å²) < 4.78 is 17.1. The molecule has 0 aliphatic rings. The molecule has 0 spiro atoms. The van der Waals surface area contributed by atoms with Crippen LogP contribution >= 0.6 is 15.9 Å². The third-order valence-corrected chi connectivity index (χ3v) is 3.81. The Hall–Kier alpha value is -1.72. The van der Waals surface area contributed by atoms with E-state index < -0.39 is 0 Å². The Kier molecular flexibility index (Phi) is 6.10. The van der Waals surface area contributed by atoms with Crippen LogP contribution in [-0.2, 0) is 13.1 Å². The molecule has 5 heteroatoms. The Balaban J connectivity index is 2.08. The summed E-state index contributed by atoms with van der Waals surface area (Å²) in [6.07, 6.45) is 0. The molecule has 0 atom stereocenters. The smallest absolute Gasteiger partial charge is 0.164 e. The molecule has 22 heavy (non-hydrogen) atoms. The molecule has 1 N–H and O–H groups in total. The van der Waals surface area contributed by atoms with Crippen LogP contribution in [0, 0.1) is 0 Å². The molecule has 118 valence electrons. The fraction of sp³-hybridized carbons (Fsp3) is 0.294. The van der Waals surface area contributed by atoms with Gasteiger partial charge in [0, 0.05) is 29.2 Å². The standard InChI is InChI=1S/C17H20BrNO3/c1-20-15-9-17(22-3)16(21-2)8-13(15)11-19-10-12-5-4-6-14(18)7-12/h4-9,19H,10-11H2,1-3H3. The van der Waals surface area contributed by atoms with E-state index in [0.29, 0.717) is 18.0 Å². The van der Waals surface area contributed by atoms with E-state index in [0.717, 1.165) is 22.3 Å². The summed E-state index contributed by atoms with van der Waals surface area (Å²) in [4.78, 5) is 0. The second-order valence-electron chi connectivity index (χ2n) is 4.75. The number of methoxy groups -OCH3 is 3. The molecule has 0 fully saturated rings. The van der Waals surface area contributed by atoms with Crippen molar-refractivity contribution in [1.29, 1.82) is 0 Å². The number of benzene rings is 2. The average Bonchev–Trinajstić information content (AvgIpc) is 2.54. The zero-order valence-electron chi connectivity index (χ0n) is 13.0. The molecule has 0 amide bonds. The molecule has 2 rings (SSSR count). The van der Waals surface area contributed by atoms with Crippen molar-refractivity contribution in [2.45, 2.75) is 13.1 Å². The molecule has 0 aliphatic heterocycles. The van der Waals surface area contributed by atoms with Gasteiger partial charge < -0.3 is 19.5 Å². The van der Waals surface area contributed by atoms with Crippen LogP contribution in [0.3, 0.4) is 0 Å². The Morgan fingerprint density at radius 3 is 2.18 bits per heavy atom. The van der Waals surface area contributed by atoms with E-state index in [4.69, 9.17) is 14.2 Å². The van der Waals surface area contributed by atoms with Crippen LogP contribution in [0.1, 0.15) is 11.1 Å². The highest BCUT2D eigenvalue weighted by Gasteiger charge is 2.11. The van der Waals surface area contributed by atoms with Gasteiger partial charge in [-0.25, -0.2) is 0 Å². The van der Waals surface area contributed by atoms with Gasteiger partial charge in [0.2, 0.25) is 0 Å². The fourth-order valence-corrected chi connectivity index (χ4v) is 2.67. The third kappa shape index (κ3) is 4.15. The van der Waals surface area contributed by atoms with Crippen LogP contribution in [0.15, 0.2) is 40.9 Å². The van der Waals surface area contributed by atoms with Crippen LogP contribution < -0.4 is 19.5 Å². The molecule has 2 aromatic rings. The SMILES string of the molecule is COc1cc(OC)c(OC)cc1CNCc1cccc(Br)c1. The first-order chi connectivity index (χ1) is 10.7. The summed E-state index contributed by atoms with van der Waals surface area (Å²) in [5, 5.41) is 3.41. The predicted molar refractivity (Wildman–Crippen MR) is 90.8 cm³/mol. The topological polar surface area (TPSA) is 39.7 Å². The zero-order valence-corrected chi connectivity index (χ0v) is 14.6. The van der Waals surface area contributed by atoms with E-state index in [2.05, 4.69) is 33.4 Å². The van der Waals surface area contributed by atoms with E-state index in [1.807, 2.05) is 24.3 Å². The molecule has 2 aromatic carbocycles. The lowest BCUT2D eigenvalue weighted by atomic mass is 10.1. The van der Waals surface area contributed by atoms with Crippen LogP contribution in [-0.4, -0.2) is 21.3 Å². The van der Waals surface area contributed by atoms with Crippen molar-refractivity contribution in [3.05, 3.63) is 52.0 Å². The molecule has 0 aliphatic carbocycles. The molecule has 0 aromatic heterocycles. The lowest BCUT2D eigenvalue weighted by Gasteiger charge is -2.14. The van der Waals surface area contributed by atoms with Gasteiger partial charge in [-0.2, -0.15) is 0 Å². The van der Waals surface area contributed by atoms with Crippen molar-refractivity contribution >= 4 is 15.9 Å². The number of rotatable bonds is 7. The summed E-state index contributed by atoms with van der Waals surface area (Å²) in [6, 6.07) is 12.0. The van der Waals surface area contributed by atoms with Crippen LogP contribution in [0.5, 0.6) is 17.2 Å². The molecule has 0 saturated carbocycles. The molecule has 0 saturated heterocycles. The number of hydrogen-bond donors (Lipinski definition) is 1. The maximum absolute atomic E-state index is 5.43. The first-order valence-corrected chi connectivity index (χ1v) is 7.71. The normalized spacial score (nSPS) is 10.4. The monoisotopic (exact) mass is 365 g/mol.